The Morgan fingerprint density at radius 1 is 1.10 bits per heavy atom. The summed E-state index contributed by atoms with van der Waals surface area (Å²) < 4.78 is 12.4. The molecule has 0 saturated carbocycles. The number of aryl methyl sites for hydroxylation is 1. The molecule has 1 N–H and O–H groups in total. The summed E-state index contributed by atoms with van der Waals surface area (Å²) in [7, 11) is 3.19. The van der Waals surface area contributed by atoms with E-state index in [-0.39, 0.29) is 5.91 Å². The van der Waals surface area contributed by atoms with Crippen molar-refractivity contribution < 1.29 is 14.3 Å². The van der Waals surface area contributed by atoms with Crippen molar-refractivity contribution >= 4 is 22.4 Å². The predicted molar refractivity (Wildman–Crippen MR) is 121 cm³/mol. The van der Waals surface area contributed by atoms with Crippen LogP contribution in [0.2, 0.25) is 0 Å². The van der Waals surface area contributed by atoms with E-state index in [1.54, 1.807) is 31.3 Å². The Balaban J connectivity index is 1.49. The summed E-state index contributed by atoms with van der Waals surface area (Å²) >= 11 is 1.42. The molecule has 0 aliphatic heterocycles. The molecule has 7 nitrogen and oxygen atoms in total. The lowest BCUT2D eigenvalue weighted by Gasteiger charge is -2.08. The third-order valence-corrected chi connectivity index (χ3v) is 5.64. The number of methoxy groups -OCH3 is 2. The van der Waals surface area contributed by atoms with E-state index in [1.165, 1.54) is 11.3 Å². The smallest absolute Gasteiger partial charge is 0.260 e. The van der Waals surface area contributed by atoms with Crippen LogP contribution in [0.3, 0.4) is 0 Å². The first kappa shape index (κ1) is 20.6. The van der Waals surface area contributed by atoms with E-state index < -0.39 is 0 Å². The Morgan fingerprint density at radius 2 is 1.87 bits per heavy atom. The van der Waals surface area contributed by atoms with Gasteiger partial charge in [0.05, 0.1) is 38.2 Å². The lowest BCUT2D eigenvalue weighted by atomic mass is 10.1. The number of hydrogen-bond donors (Lipinski definition) is 1. The van der Waals surface area contributed by atoms with E-state index in [2.05, 4.69) is 15.4 Å². The number of nitrogens with one attached hydrogen (secondary N) is 1. The normalized spacial score (nSPS) is 10.7. The number of benzene rings is 2. The Kier molecular flexibility index (Phi) is 5.99. The lowest BCUT2D eigenvalue weighted by molar-refractivity contribution is 0.102. The van der Waals surface area contributed by atoms with Crippen molar-refractivity contribution in [3.05, 3.63) is 76.9 Å². The Morgan fingerprint density at radius 3 is 2.61 bits per heavy atom. The number of thiazole rings is 1. The van der Waals surface area contributed by atoms with E-state index in [4.69, 9.17) is 9.47 Å². The van der Waals surface area contributed by atoms with Gasteiger partial charge >= 0.3 is 0 Å². The van der Waals surface area contributed by atoms with Crippen LogP contribution in [-0.2, 0) is 6.54 Å². The molecule has 8 heteroatoms. The van der Waals surface area contributed by atoms with Crippen molar-refractivity contribution in [3.8, 4) is 22.8 Å². The molecule has 4 rings (SSSR count). The van der Waals surface area contributed by atoms with E-state index >= 15 is 0 Å². The van der Waals surface area contributed by atoms with E-state index in [9.17, 15) is 4.79 Å². The van der Waals surface area contributed by atoms with E-state index in [0.717, 1.165) is 21.7 Å². The second-order valence-corrected chi connectivity index (χ2v) is 8.06. The molecule has 4 aromatic rings. The number of aromatic nitrogens is 3. The van der Waals surface area contributed by atoms with Gasteiger partial charge in [-0.25, -0.2) is 4.98 Å². The highest BCUT2D eigenvalue weighted by molar-refractivity contribution is 7.16. The maximum absolute atomic E-state index is 12.7. The van der Waals surface area contributed by atoms with Crippen LogP contribution in [0.15, 0.2) is 60.9 Å². The van der Waals surface area contributed by atoms with Crippen molar-refractivity contribution in [3.63, 3.8) is 0 Å². The fourth-order valence-electron chi connectivity index (χ4n) is 3.21. The van der Waals surface area contributed by atoms with Crippen molar-refractivity contribution in [2.45, 2.75) is 13.5 Å². The number of carbonyl (C=O) groups excluding carboxylic acids is 1. The lowest BCUT2D eigenvalue weighted by Crippen LogP contribution is -2.11. The SMILES string of the molecule is COc1ccc(-c2nc(NC(=O)c3cnn(Cc4ccccc4)c3)sc2C)cc1OC. The first-order valence-corrected chi connectivity index (χ1v) is 10.5. The van der Waals surface area contributed by atoms with Crippen molar-refractivity contribution in [2.24, 2.45) is 0 Å². The second-order valence-electron chi connectivity index (χ2n) is 6.86. The van der Waals surface area contributed by atoms with E-state index in [0.29, 0.717) is 28.7 Å². The van der Waals surface area contributed by atoms with Gasteiger partial charge in [-0.15, -0.1) is 11.3 Å². The monoisotopic (exact) mass is 434 g/mol. The molecule has 0 fully saturated rings. The second kappa shape index (κ2) is 9.01. The van der Waals surface area contributed by atoms with Crippen LogP contribution < -0.4 is 14.8 Å². The van der Waals surface area contributed by atoms with Gasteiger partial charge in [0.15, 0.2) is 16.6 Å². The van der Waals surface area contributed by atoms with Crippen molar-refractivity contribution in [1.82, 2.24) is 14.8 Å². The van der Waals surface area contributed by atoms with Crippen LogP contribution >= 0.6 is 11.3 Å². The molecule has 0 aliphatic carbocycles. The first-order valence-electron chi connectivity index (χ1n) is 9.65. The zero-order chi connectivity index (χ0) is 21.8. The number of anilines is 1. The minimum absolute atomic E-state index is 0.244. The summed E-state index contributed by atoms with van der Waals surface area (Å²) in [5.41, 5.74) is 3.28. The number of carbonyl (C=O) groups is 1. The molecule has 0 radical (unpaired) electrons. The van der Waals surface area contributed by atoms with Crippen LogP contribution in [0.25, 0.3) is 11.3 Å². The largest absolute Gasteiger partial charge is 0.493 e. The van der Waals surface area contributed by atoms with Crippen LogP contribution in [0.5, 0.6) is 11.5 Å². The van der Waals surface area contributed by atoms with Gasteiger partial charge in [-0.1, -0.05) is 30.3 Å². The van der Waals surface area contributed by atoms with Crippen LogP contribution in [0.1, 0.15) is 20.8 Å². The van der Waals surface area contributed by atoms with Crippen molar-refractivity contribution in [2.75, 3.05) is 19.5 Å². The molecule has 158 valence electrons. The molecular formula is C23H22N4O3S. The van der Waals surface area contributed by atoms with Gasteiger partial charge < -0.3 is 9.47 Å². The van der Waals surface area contributed by atoms with Gasteiger partial charge in [0.25, 0.3) is 5.91 Å². The minimum Gasteiger partial charge on any atom is -0.493 e. The number of nitrogens with zero attached hydrogens (tertiary/aromatic N) is 3. The molecular weight excluding hydrogens is 412 g/mol. The quantitative estimate of drug-likeness (QED) is 0.459. The number of ether oxygens (including phenoxy) is 2. The molecule has 0 spiro atoms. The average Bonchev–Trinajstić information content (AvgIpc) is 3.40. The first-order chi connectivity index (χ1) is 15.1. The number of amides is 1. The highest BCUT2D eigenvalue weighted by Crippen LogP contribution is 2.36. The Hall–Kier alpha value is -3.65. The maximum atomic E-state index is 12.7. The molecule has 2 heterocycles. The molecule has 31 heavy (non-hydrogen) atoms. The summed E-state index contributed by atoms with van der Waals surface area (Å²) in [5, 5.41) is 7.70. The minimum atomic E-state index is -0.244. The summed E-state index contributed by atoms with van der Waals surface area (Å²) in [6.45, 7) is 2.57. The Labute approximate surface area is 184 Å². The highest BCUT2D eigenvalue weighted by Gasteiger charge is 2.16. The Bertz CT molecular complexity index is 1200. The number of hydrogen-bond acceptors (Lipinski definition) is 6. The average molecular weight is 435 g/mol. The third-order valence-electron chi connectivity index (χ3n) is 4.76. The van der Waals surface area contributed by atoms with Gasteiger partial charge in [0, 0.05) is 16.6 Å². The summed E-state index contributed by atoms with van der Waals surface area (Å²) in [6, 6.07) is 15.6. The predicted octanol–water partition coefficient (Wildman–Crippen LogP) is 4.63. The summed E-state index contributed by atoms with van der Waals surface area (Å²) in [6.07, 6.45) is 3.30. The van der Waals surface area contributed by atoms with Crippen molar-refractivity contribution in [1.29, 1.82) is 0 Å². The van der Waals surface area contributed by atoms with Gasteiger partial charge in [0.2, 0.25) is 0 Å². The zero-order valence-electron chi connectivity index (χ0n) is 17.5. The summed E-state index contributed by atoms with van der Waals surface area (Å²) in [5.74, 6) is 1.04. The molecule has 2 aromatic heterocycles. The standard InChI is InChI=1S/C23H22N4O3S/c1-15-21(17-9-10-19(29-2)20(11-17)30-3)25-23(31-15)26-22(28)18-12-24-27(14-18)13-16-7-5-4-6-8-16/h4-12,14H,13H2,1-3H3,(H,25,26,28). The zero-order valence-corrected chi connectivity index (χ0v) is 18.3. The van der Waals surface area contributed by atoms with Gasteiger partial charge in [0.1, 0.15) is 0 Å². The molecule has 0 saturated heterocycles. The molecule has 0 bridgehead atoms. The van der Waals surface area contributed by atoms with Crippen LogP contribution in [0, 0.1) is 6.92 Å². The van der Waals surface area contributed by atoms with Crippen LogP contribution in [0.4, 0.5) is 5.13 Å². The van der Waals surface area contributed by atoms with E-state index in [1.807, 2.05) is 55.5 Å². The fraction of sp³-hybridized carbons (Fsp3) is 0.174. The molecule has 0 aliphatic rings. The molecule has 2 aromatic carbocycles. The number of rotatable bonds is 7. The maximum Gasteiger partial charge on any atom is 0.260 e. The third kappa shape index (κ3) is 4.59. The van der Waals surface area contributed by atoms with Gasteiger partial charge in [-0.05, 0) is 30.7 Å². The fourth-order valence-corrected chi connectivity index (χ4v) is 4.04. The van der Waals surface area contributed by atoms with Gasteiger partial charge in [-0.3, -0.25) is 14.8 Å². The topological polar surface area (TPSA) is 78.3 Å². The highest BCUT2D eigenvalue weighted by atomic mass is 32.1. The molecule has 0 unspecified atom stereocenters. The molecule has 1 amide bonds. The summed E-state index contributed by atoms with van der Waals surface area (Å²) in [4.78, 5) is 18.3. The molecule has 0 atom stereocenters. The van der Waals surface area contributed by atoms with Gasteiger partial charge in [-0.2, -0.15) is 5.10 Å². The van der Waals surface area contributed by atoms with Crippen LogP contribution in [-0.4, -0.2) is 34.9 Å².